The monoisotopic (exact) mass is 246 g/mol. The molecule has 0 N–H and O–H groups in total. The number of halogens is 1. The fourth-order valence-corrected chi connectivity index (χ4v) is 1.51. The molecule has 0 spiro atoms. The average molecular weight is 246 g/mol. The quantitative estimate of drug-likeness (QED) is 0.547. The lowest BCUT2D eigenvalue weighted by atomic mass is 10.2. The third kappa shape index (κ3) is 1.32. The number of ether oxygens (including phenoxy) is 1. The van der Waals surface area contributed by atoms with Crippen LogP contribution in [0.1, 0.15) is 11.7 Å². The lowest BCUT2D eigenvalue weighted by molar-refractivity contribution is 0.415. The summed E-state index contributed by atoms with van der Waals surface area (Å²) in [5.41, 5.74) is 1.31. The maximum absolute atomic E-state index is 5.15. The predicted molar refractivity (Wildman–Crippen MR) is 47.9 cm³/mol. The predicted octanol–water partition coefficient (Wildman–Crippen LogP) is 2.36. The largest absolute Gasteiger partial charge is 0.368 e. The summed E-state index contributed by atoms with van der Waals surface area (Å²) in [7, 11) is 0. The van der Waals surface area contributed by atoms with Gasteiger partial charge in [-0.05, 0) is 40.3 Å². The summed E-state index contributed by atoms with van der Waals surface area (Å²) in [6.07, 6.45) is 0.398. The molecule has 2 heteroatoms. The Morgan fingerprint density at radius 1 is 1.50 bits per heavy atom. The molecule has 0 radical (unpaired) electrons. The smallest absolute Gasteiger partial charge is 0.106 e. The molecule has 1 fully saturated rings. The Morgan fingerprint density at radius 3 is 2.90 bits per heavy atom. The van der Waals surface area contributed by atoms with Gasteiger partial charge in [-0.2, -0.15) is 0 Å². The van der Waals surface area contributed by atoms with Gasteiger partial charge in [-0.1, -0.05) is 12.1 Å². The first kappa shape index (κ1) is 6.61. The van der Waals surface area contributed by atoms with Crippen LogP contribution in [0.3, 0.4) is 0 Å². The summed E-state index contributed by atoms with van der Waals surface area (Å²) in [6.45, 7) is 0.903. The lowest BCUT2D eigenvalue weighted by Crippen LogP contribution is -1.79. The molecule has 1 unspecified atom stereocenters. The van der Waals surface area contributed by atoms with E-state index in [1.54, 1.807) is 0 Å². The van der Waals surface area contributed by atoms with Crippen LogP contribution in [0.5, 0.6) is 0 Å². The van der Waals surface area contributed by atoms with E-state index >= 15 is 0 Å². The molecule has 0 saturated carbocycles. The Bertz CT molecular complexity index is 243. The highest BCUT2D eigenvalue weighted by Gasteiger charge is 2.24. The van der Waals surface area contributed by atoms with Gasteiger partial charge in [0.25, 0.3) is 0 Å². The summed E-state index contributed by atoms with van der Waals surface area (Å²) in [5.74, 6) is 0. The van der Waals surface area contributed by atoms with Gasteiger partial charge in [0.05, 0.1) is 6.61 Å². The van der Waals surface area contributed by atoms with Crippen molar-refractivity contribution in [2.24, 2.45) is 0 Å². The molecular weight excluding hydrogens is 239 g/mol. The molecule has 0 amide bonds. The molecule has 1 aromatic carbocycles. The van der Waals surface area contributed by atoms with Crippen LogP contribution in [-0.4, -0.2) is 6.61 Å². The Balaban J connectivity index is 2.32. The van der Waals surface area contributed by atoms with Crippen LogP contribution < -0.4 is 0 Å². The summed E-state index contributed by atoms with van der Waals surface area (Å²) in [6, 6.07) is 8.43. The molecule has 0 aliphatic carbocycles. The van der Waals surface area contributed by atoms with Crippen LogP contribution in [0.25, 0.3) is 0 Å². The van der Waals surface area contributed by atoms with Crippen molar-refractivity contribution in [2.75, 3.05) is 6.61 Å². The molecule has 1 nitrogen and oxygen atoms in total. The number of epoxide rings is 1. The van der Waals surface area contributed by atoms with E-state index in [1.807, 2.05) is 0 Å². The zero-order chi connectivity index (χ0) is 6.97. The third-order valence-electron chi connectivity index (χ3n) is 1.55. The zero-order valence-electron chi connectivity index (χ0n) is 5.38. The second kappa shape index (κ2) is 2.51. The van der Waals surface area contributed by atoms with Gasteiger partial charge in [0.1, 0.15) is 6.10 Å². The molecule has 1 atom stereocenters. The second-order valence-corrected chi connectivity index (χ2v) is 3.62. The van der Waals surface area contributed by atoms with Crippen LogP contribution in [0, 0.1) is 3.57 Å². The molecule has 1 aliphatic rings. The van der Waals surface area contributed by atoms with Gasteiger partial charge in [0.2, 0.25) is 0 Å². The van der Waals surface area contributed by atoms with Crippen molar-refractivity contribution in [3.8, 4) is 0 Å². The van der Waals surface area contributed by atoms with E-state index < -0.39 is 0 Å². The Labute approximate surface area is 73.5 Å². The standard InChI is InChI=1S/C8H7IO/c9-7-3-1-2-6(4-7)8-5-10-8/h1-4,8H,5H2. The highest BCUT2D eigenvalue weighted by molar-refractivity contribution is 14.1. The summed E-state index contributed by atoms with van der Waals surface area (Å²) in [5, 5.41) is 0. The number of benzene rings is 1. The molecule has 10 heavy (non-hydrogen) atoms. The van der Waals surface area contributed by atoms with E-state index in [2.05, 4.69) is 46.9 Å². The van der Waals surface area contributed by atoms with Crippen LogP contribution in [0.4, 0.5) is 0 Å². The van der Waals surface area contributed by atoms with E-state index in [0.29, 0.717) is 6.10 Å². The first-order valence-electron chi connectivity index (χ1n) is 3.23. The topological polar surface area (TPSA) is 12.5 Å². The van der Waals surface area contributed by atoms with Crippen molar-refractivity contribution in [1.82, 2.24) is 0 Å². The highest BCUT2D eigenvalue weighted by atomic mass is 127. The van der Waals surface area contributed by atoms with Crippen LogP contribution in [0.2, 0.25) is 0 Å². The molecule has 2 rings (SSSR count). The van der Waals surface area contributed by atoms with E-state index in [9.17, 15) is 0 Å². The van der Waals surface area contributed by atoms with Gasteiger partial charge >= 0.3 is 0 Å². The second-order valence-electron chi connectivity index (χ2n) is 2.38. The lowest BCUT2D eigenvalue weighted by Gasteiger charge is -1.94. The molecule has 1 aromatic rings. The van der Waals surface area contributed by atoms with Crippen molar-refractivity contribution in [3.05, 3.63) is 33.4 Å². The van der Waals surface area contributed by atoms with E-state index in [4.69, 9.17) is 4.74 Å². The Kier molecular flexibility index (Phi) is 1.66. The average Bonchev–Trinajstić information content (AvgIpc) is 2.68. The van der Waals surface area contributed by atoms with Crippen LogP contribution in [0.15, 0.2) is 24.3 Å². The first-order chi connectivity index (χ1) is 4.86. The van der Waals surface area contributed by atoms with Gasteiger partial charge in [-0.25, -0.2) is 0 Å². The maximum Gasteiger partial charge on any atom is 0.106 e. The van der Waals surface area contributed by atoms with Crippen molar-refractivity contribution in [2.45, 2.75) is 6.10 Å². The fourth-order valence-electron chi connectivity index (χ4n) is 0.947. The SMILES string of the molecule is Ic1cccc(C2CO2)c1. The van der Waals surface area contributed by atoms with Gasteiger partial charge in [-0.3, -0.25) is 0 Å². The van der Waals surface area contributed by atoms with Crippen molar-refractivity contribution >= 4 is 22.6 Å². The van der Waals surface area contributed by atoms with E-state index in [0.717, 1.165) is 6.61 Å². The minimum atomic E-state index is 0.398. The summed E-state index contributed by atoms with van der Waals surface area (Å²) >= 11 is 2.31. The molecule has 52 valence electrons. The summed E-state index contributed by atoms with van der Waals surface area (Å²) < 4.78 is 6.43. The molecule has 0 aromatic heterocycles. The minimum Gasteiger partial charge on any atom is -0.368 e. The van der Waals surface area contributed by atoms with E-state index in [-0.39, 0.29) is 0 Å². The van der Waals surface area contributed by atoms with Crippen molar-refractivity contribution in [1.29, 1.82) is 0 Å². The van der Waals surface area contributed by atoms with Gasteiger partial charge in [0.15, 0.2) is 0 Å². The maximum atomic E-state index is 5.15. The Morgan fingerprint density at radius 2 is 2.30 bits per heavy atom. The molecule has 1 heterocycles. The number of hydrogen-bond acceptors (Lipinski definition) is 1. The van der Waals surface area contributed by atoms with Gasteiger partial charge < -0.3 is 4.74 Å². The molecular formula is C8H7IO. The van der Waals surface area contributed by atoms with Crippen LogP contribution >= 0.6 is 22.6 Å². The van der Waals surface area contributed by atoms with E-state index in [1.165, 1.54) is 9.13 Å². The van der Waals surface area contributed by atoms with Gasteiger partial charge in [-0.15, -0.1) is 0 Å². The normalized spacial score (nSPS) is 22.7. The van der Waals surface area contributed by atoms with Crippen molar-refractivity contribution in [3.63, 3.8) is 0 Å². The summed E-state index contributed by atoms with van der Waals surface area (Å²) in [4.78, 5) is 0. The van der Waals surface area contributed by atoms with Crippen molar-refractivity contribution < 1.29 is 4.74 Å². The number of hydrogen-bond donors (Lipinski definition) is 0. The minimum absolute atomic E-state index is 0.398. The van der Waals surface area contributed by atoms with Crippen LogP contribution in [-0.2, 0) is 4.74 Å². The number of rotatable bonds is 1. The third-order valence-corrected chi connectivity index (χ3v) is 2.22. The first-order valence-corrected chi connectivity index (χ1v) is 4.31. The molecule has 1 aliphatic heterocycles. The highest BCUT2D eigenvalue weighted by Crippen LogP contribution is 2.29. The zero-order valence-corrected chi connectivity index (χ0v) is 7.54. The molecule has 1 saturated heterocycles. The molecule has 0 bridgehead atoms. The van der Waals surface area contributed by atoms with Gasteiger partial charge in [0, 0.05) is 3.57 Å². The fraction of sp³-hybridized carbons (Fsp3) is 0.250. The Hall–Kier alpha value is -0.0900.